The summed E-state index contributed by atoms with van der Waals surface area (Å²) in [4.78, 5) is 21.6. The Morgan fingerprint density at radius 2 is 1.42 bits per heavy atom. The van der Waals surface area contributed by atoms with E-state index >= 15 is 0 Å². The number of unbranched alkanes of at least 4 members (excludes halogenated alkanes) is 7. The van der Waals surface area contributed by atoms with Gasteiger partial charge in [0.05, 0.1) is 21.1 Å². The normalized spacial score (nSPS) is 13.5. The fourth-order valence-electron chi connectivity index (χ4n) is 2.01. The molecule has 0 aliphatic rings. The van der Waals surface area contributed by atoms with Crippen molar-refractivity contribution in [2.75, 3.05) is 33.8 Å². The van der Waals surface area contributed by atoms with Gasteiger partial charge in [0.1, 0.15) is 14.7 Å². The van der Waals surface area contributed by atoms with Crippen LogP contribution in [-0.2, 0) is 4.79 Å². The standard InChI is InChI=1S/C15H33NO2P/c1-5-6-7-8-9-10-11-12-13-19(18)15(17)14-16(2,3)4/h18H,5-14H2,1-4H3/q+1. The molecule has 0 bridgehead atoms. The third-order valence-corrected chi connectivity index (χ3v) is 4.58. The van der Waals surface area contributed by atoms with Crippen molar-refractivity contribution in [3.63, 3.8) is 0 Å². The fraction of sp³-hybridized carbons (Fsp3) is 0.933. The number of nitrogens with zero attached hydrogens (tertiary/aromatic N) is 1. The van der Waals surface area contributed by atoms with Gasteiger partial charge in [0.2, 0.25) is 5.52 Å². The van der Waals surface area contributed by atoms with Crippen molar-refractivity contribution in [1.29, 1.82) is 0 Å². The summed E-state index contributed by atoms with van der Waals surface area (Å²) in [5, 5.41) is 0. The Bertz CT molecular complexity index is 239. The molecule has 0 aromatic carbocycles. The third-order valence-electron chi connectivity index (χ3n) is 3.12. The maximum Gasteiger partial charge on any atom is 0.234 e. The Morgan fingerprint density at radius 1 is 0.947 bits per heavy atom. The molecule has 0 saturated carbocycles. The van der Waals surface area contributed by atoms with Crippen LogP contribution >= 0.6 is 8.15 Å². The molecule has 0 aromatic rings. The molecule has 0 rings (SSSR count). The van der Waals surface area contributed by atoms with E-state index in [-0.39, 0.29) is 5.52 Å². The van der Waals surface area contributed by atoms with Crippen LogP contribution < -0.4 is 0 Å². The van der Waals surface area contributed by atoms with Crippen LogP contribution in [0.5, 0.6) is 0 Å². The van der Waals surface area contributed by atoms with E-state index in [2.05, 4.69) is 6.92 Å². The van der Waals surface area contributed by atoms with E-state index in [4.69, 9.17) is 0 Å². The van der Waals surface area contributed by atoms with Gasteiger partial charge in [0.15, 0.2) is 0 Å². The zero-order valence-corrected chi connectivity index (χ0v) is 14.2. The predicted octanol–water partition coefficient (Wildman–Crippen LogP) is 3.75. The first-order chi connectivity index (χ1) is 8.87. The lowest BCUT2D eigenvalue weighted by Gasteiger charge is -2.23. The van der Waals surface area contributed by atoms with Gasteiger partial charge in [0, 0.05) is 0 Å². The van der Waals surface area contributed by atoms with Gasteiger partial charge < -0.3 is 9.38 Å². The van der Waals surface area contributed by atoms with Crippen molar-refractivity contribution < 1.29 is 14.2 Å². The monoisotopic (exact) mass is 290 g/mol. The Morgan fingerprint density at radius 3 is 1.89 bits per heavy atom. The van der Waals surface area contributed by atoms with Crippen LogP contribution in [0.2, 0.25) is 0 Å². The van der Waals surface area contributed by atoms with E-state index in [1.54, 1.807) is 0 Å². The average Bonchev–Trinajstić information content (AvgIpc) is 2.30. The summed E-state index contributed by atoms with van der Waals surface area (Å²) in [6, 6.07) is 0. The number of rotatable bonds is 12. The topological polar surface area (TPSA) is 37.3 Å². The predicted molar refractivity (Wildman–Crippen MR) is 84.5 cm³/mol. The van der Waals surface area contributed by atoms with Crippen molar-refractivity contribution >= 4 is 13.7 Å². The molecule has 3 nitrogen and oxygen atoms in total. The minimum absolute atomic E-state index is 0.0467. The SMILES string of the molecule is CCCCCCCCCCP(O)C(=O)C[N+](C)(C)C. The van der Waals surface area contributed by atoms with Crippen molar-refractivity contribution in [2.45, 2.75) is 58.3 Å². The number of carbonyl (C=O) groups excluding carboxylic acids is 1. The molecule has 0 spiro atoms. The van der Waals surface area contributed by atoms with Gasteiger partial charge in [-0.25, -0.2) is 0 Å². The van der Waals surface area contributed by atoms with Gasteiger partial charge in [-0.1, -0.05) is 51.9 Å². The largest absolute Gasteiger partial charge is 0.366 e. The quantitative estimate of drug-likeness (QED) is 0.338. The Balaban J connectivity index is 3.48. The average molecular weight is 290 g/mol. The second kappa shape index (κ2) is 10.8. The Kier molecular flexibility index (Phi) is 10.8. The third kappa shape index (κ3) is 12.8. The van der Waals surface area contributed by atoms with Crippen LogP contribution in [0.4, 0.5) is 0 Å². The molecule has 0 aromatic heterocycles. The summed E-state index contributed by atoms with van der Waals surface area (Å²) in [5.74, 6) is 0. The maximum atomic E-state index is 11.8. The zero-order chi connectivity index (χ0) is 14.7. The van der Waals surface area contributed by atoms with E-state index in [0.29, 0.717) is 17.2 Å². The van der Waals surface area contributed by atoms with Crippen LogP contribution in [0.3, 0.4) is 0 Å². The van der Waals surface area contributed by atoms with Gasteiger partial charge in [-0.15, -0.1) is 0 Å². The van der Waals surface area contributed by atoms with Crippen LogP contribution in [0, 0.1) is 0 Å². The highest BCUT2D eigenvalue weighted by Gasteiger charge is 2.21. The van der Waals surface area contributed by atoms with Gasteiger partial charge in [-0.2, -0.15) is 0 Å². The highest BCUT2D eigenvalue weighted by atomic mass is 31.1. The maximum absolute atomic E-state index is 11.8. The number of quaternary nitrogens is 1. The molecule has 0 aliphatic heterocycles. The molecule has 0 radical (unpaired) electrons. The number of carbonyl (C=O) groups is 1. The van der Waals surface area contributed by atoms with Crippen LogP contribution in [0.25, 0.3) is 0 Å². The second-order valence-corrected chi connectivity index (χ2v) is 8.19. The highest BCUT2D eigenvalue weighted by Crippen LogP contribution is 2.33. The minimum Gasteiger partial charge on any atom is -0.366 e. The van der Waals surface area contributed by atoms with Crippen molar-refractivity contribution in [3.05, 3.63) is 0 Å². The molecule has 4 heteroatoms. The molecule has 1 unspecified atom stereocenters. The van der Waals surface area contributed by atoms with E-state index in [1.165, 1.54) is 38.5 Å². The summed E-state index contributed by atoms with van der Waals surface area (Å²) >= 11 is 0. The van der Waals surface area contributed by atoms with Gasteiger partial charge in [-0.3, -0.25) is 4.79 Å². The molecule has 114 valence electrons. The van der Waals surface area contributed by atoms with Crippen LogP contribution in [-0.4, -0.2) is 48.8 Å². The van der Waals surface area contributed by atoms with Crippen LogP contribution in [0.1, 0.15) is 58.3 Å². The summed E-state index contributed by atoms with van der Waals surface area (Å²) in [6.07, 6.45) is 10.7. The van der Waals surface area contributed by atoms with E-state index in [1.807, 2.05) is 21.1 Å². The summed E-state index contributed by atoms with van der Waals surface area (Å²) in [5.41, 5.74) is 0.0467. The second-order valence-electron chi connectivity index (χ2n) is 6.44. The van der Waals surface area contributed by atoms with Crippen molar-refractivity contribution in [3.8, 4) is 0 Å². The summed E-state index contributed by atoms with van der Waals surface area (Å²) in [7, 11) is 4.56. The van der Waals surface area contributed by atoms with E-state index < -0.39 is 8.15 Å². The summed E-state index contributed by atoms with van der Waals surface area (Å²) < 4.78 is 0.607. The molecule has 0 aliphatic carbocycles. The molecule has 1 atom stereocenters. The molecule has 19 heavy (non-hydrogen) atoms. The number of likely N-dealkylation sites (N-methyl/N-ethyl adjacent to an activating group) is 1. The fourth-order valence-corrected chi connectivity index (χ4v) is 3.37. The lowest BCUT2D eigenvalue weighted by atomic mass is 10.1. The Labute approximate surface area is 120 Å². The first kappa shape index (κ1) is 19.0. The van der Waals surface area contributed by atoms with Crippen molar-refractivity contribution in [2.24, 2.45) is 0 Å². The first-order valence-electron chi connectivity index (χ1n) is 7.66. The molecular weight excluding hydrogens is 257 g/mol. The zero-order valence-electron chi connectivity index (χ0n) is 13.3. The van der Waals surface area contributed by atoms with E-state index in [0.717, 1.165) is 12.8 Å². The lowest BCUT2D eigenvalue weighted by molar-refractivity contribution is -0.861. The smallest absolute Gasteiger partial charge is 0.234 e. The molecule has 0 amide bonds. The van der Waals surface area contributed by atoms with Gasteiger partial charge in [-0.05, 0) is 12.6 Å². The van der Waals surface area contributed by atoms with Crippen LogP contribution in [0.15, 0.2) is 0 Å². The molecule has 0 heterocycles. The molecule has 0 saturated heterocycles. The van der Waals surface area contributed by atoms with Crippen molar-refractivity contribution in [1.82, 2.24) is 0 Å². The summed E-state index contributed by atoms with van der Waals surface area (Å²) in [6.45, 7) is 2.68. The van der Waals surface area contributed by atoms with E-state index in [9.17, 15) is 9.69 Å². The highest BCUT2D eigenvalue weighted by molar-refractivity contribution is 7.69. The first-order valence-corrected chi connectivity index (χ1v) is 9.14. The lowest BCUT2D eigenvalue weighted by Crippen LogP contribution is -2.39. The van der Waals surface area contributed by atoms with Gasteiger partial charge >= 0.3 is 0 Å². The van der Waals surface area contributed by atoms with Gasteiger partial charge in [0.25, 0.3) is 0 Å². The molecular formula is C15H33NO2P+. The number of hydrogen-bond acceptors (Lipinski definition) is 2. The molecule has 1 N–H and O–H groups in total. The molecule has 0 fully saturated rings. The number of hydrogen-bond donors (Lipinski definition) is 1. The Hall–Kier alpha value is 0.0200. The minimum atomic E-state index is -1.39.